The molecule has 3 nitrogen and oxygen atoms in total. The molecule has 0 aliphatic carbocycles. The molecule has 0 fully saturated rings. The normalized spacial score (nSPS) is 13.7. The average molecular weight is 226 g/mol. The molecule has 0 saturated heterocycles. The summed E-state index contributed by atoms with van der Waals surface area (Å²) in [5.74, 6) is 0.452. The molecule has 0 amide bonds. The van der Waals surface area contributed by atoms with Crippen LogP contribution in [0.3, 0.4) is 0 Å². The molecule has 0 aromatic carbocycles. The van der Waals surface area contributed by atoms with Crippen LogP contribution in [0, 0.1) is 5.41 Å². The SMILES string of the molecule is COC(=CC/C=C(\C)F)/C=C(\C)N(C)C=N. The number of hydrogen-bond donors (Lipinski definition) is 1. The number of allylic oxidation sites excluding steroid dienone is 5. The molecule has 0 bridgehead atoms. The largest absolute Gasteiger partial charge is 0.497 e. The van der Waals surface area contributed by atoms with Gasteiger partial charge in [-0.3, -0.25) is 5.41 Å². The summed E-state index contributed by atoms with van der Waals surface area (Å²) < 4.78 is 17.6. The van der Waals surface area contributed by atoms with Gasteiger partial charge < -0.3 is 9.64 Å². The van der Waals surface area contributed by atoms with Gasteiger partial charge in [0.1, 0.15) is 5.76 Å². The van der Waals surface area contributed by atoms with Gasteiger partial charge in [0.25, 0.3) is 0 Å². The second kappa shape index (κ2) is 7.68. The van der Waals surface area contributed by atoms with E-state index in [-0.39, 0.29) is 5.83 Å². The molecule has 1 N–H and O–H groups in total. The van der Waals surface area contributed by atoms with E-state index < -0.39 is 0 Å². The first kappa shape index (κ1) is 14.4. The number of hydrogen-bond acceptors (Lipinski definition) is 2. The maximum Gasteiger partial charge on any atom is 0.116 e. The quantitative estimate of drug-likeness (QED) is 0.327. The summed E-state index contributed by atoms with van der Waals surface area (Å²) in [4.78, 5) is 1.66. The van der Waals surface area contributed by atoms with Gasteiger partial charge in [0.05, 0.1) is 19.3 Å². The van der Waals surface area contributed by atoms with Crippen molar-refractivity contribution in [1.82, 2.24) is 4.90 Å². The van der Waals surface area contributed by atoms with E-state index in [1.165, 1.54) is 19.3 Å². The molecule has 0 saturated carbocycles. The fourth-order valence-electron chi connectivity index (χ4n) is 0.948. The Kier molecular flexibility index (Phi) is 6.92. The molecule has 0 spiro atoms. The van der Waals surface area contributed by atoms with Crippen molar-refractivity contribution in [3.8, 4) is 0 Å². The molecule has 90 valence electrons. The molecule has 0 aliphatic heterocycles. The molecular formula is C12H19FN2O. The first-order chi connectivity index (χ1) is 7.51. The Bertz CT molecular complexity index is 315. The highest BCUT2D eigenvalue weighted by atomic mass is 19.1. The smallest absolute Gasteiger partial charge is 0.116 e. The van der Waals surface area contributed by atoms with Crippen LogP contribution in [0.15, 0.2) is 35.5 Å². The van der Waals surface area contributed by atoms with Crippen LogP contribution in [0.5, 0.6) is 0 Å². The molecule has 0 aromatic heterocycles. The van der Waals surface area contributed by atoms with Gasteiger partial charge in [0.2, 0.25) is 0 Å². The van der Waals surface area contributed by atoms with Gasteiger partial charge in [-0.05, 0) is 38.5 Å². The Labute approximate surface area is 96.4 Å². The second-order valence-electron chi connectivity index (χ2n) is 3.36. The molecular weight excluding hydrogens is 207 g/mol. The lowest BCUT2D eigenvalue weighted by Gasteiger charge is -2.13. The Morgan fingerprint density at radius 2 is 2.00 bits per heavy atom. The average Bonchev–Trinajstić information content (AvgIpc) is 2.25. The van der Waals surface area contributed by atoms with Crippen LogP contribution in [0.1, 0.15) is 20.3 Å². The highest BCUT2D eigenvalue weighted by molar-refractivity contribution is 5.53. The van der Waals surface area contributed by atoms with Crippen LogP contribution < -0.4 is 0 Å². The van der Waals surface area contributed by atoms with Gasteiger partial charge in [0.15, 0.2) is 0 Å². The Morgan fingerprint density at radius 1 is 1.38 bits per heavy atom. The number of ether oxygens (including phenoxy) is 1. The van der Waals surface area contributed by atoms with Crippen LogP contribution in [-0.2, 0) is 4.74 Å². The van der Waals surface area contributed by atoms with Crippen molar-refractivity contribution < 1.29 is 9.13 Å². The predicted molar refractivity (Wildman–Crippen MR) is 64.9 cm³/mol. The summed E-state index contributed by atoms with van der Waals surface area (Å²) in [5, 5.41) is 7.08. The molecule has 4 heteroatoms. The maximum atomic E-state index is 12.4. The molecule has 0 atom stereocenters. The van der Waals surface area contributed by atoms with E-state index in [4.69, 9.17) is 10.1 Å². The zero-order valence-corrected chi connectivity index (χ0v) is 10.2. The van der Waals surface area contributed by atoms with E-state index in [0.29, 0.717) is 12.2 Å². The van der Waals surface area contributed by atoms with Gasteiger partial charge in [-0.25, -0.2) is 4.39 Å². The van der Waals surface area contributed by atoms with E-state index in [9.17, 15) is 4.39 Å². The minimum Gasteiger partial charge on any atom is -0.497 e. The molecule has 0 aromatic rings. The van der Waals surface area contributed by atoms with Crippen molar-refractivity contribution in [3.63, 3.8) is 0 Å². The molecule has 0 rings (SSSR count). The van der Waals surface area contributed by atoms with Crippen LogP contribution in [0.4, 0.5) is 4.39 Å². The molecule has 0 unspecified atom stereocenters. The van der Waals surface area contributed by atoms with Crippen molar-refractivity contribution in [3.05, 3.63) is 35.5 Å². The van der Waals surface area contributed by atoms with Gasteiger partial charge in [-0.15, -0.1) is 0 Å². The Hall–Kier alpha value is -1.58. The number of nitrogens with zero attached hydrogens (tertiary/aromatic N) is 1. The fourth-order valence-corrected chi connectivity index (χ4v) is 0.948. The van der Waals surface area contributed by atoms with Gasteiger partial charge in [-0.1, -0.05) is 0 Å². The van der Waals surface area contributed by atoms with Crippen molar-refractivity contribution in [1.29, 1.82) is 5.41 Å². The van der Waals surface area contributed by atoms with Crippen LogP contribution in [0.2, 0.25) is 0 Å². The monoisotopic (exact) mass is 226 g/mol. The Balaban J connectivity index is 4.61. The Morgan fingerprint density at radius 3 is 2.44 bits per heavy atom. The van der Waals surface area contributed by atoms with Crippen LogP contribution in [0.25, 0.3) is 0 Å². The topological polar surface area (TPSA) is 36.3 Å². The molecule has 0 radical (unpaired) electrons. The lowest BCUT2D eigenvalue weighted by Crippen LogP contribution is -2.12. The zero-order valence-electron chi connectivity index (χ0n) is 10.2. The molecule has 0 aliphatic rings. The van der Waals surface area contributed by atoms with Gasteiger partial charge in [0, 0.05) is 12.7 Å². The maximum absolute atomic E-state index is 12.4. The minimum absolute atomic E-state index is 0.205. The number of methoxy groups -OCH3 is 1. The lowest BCUT2D eigenvalue weighted by molar-refractivity contribution is 0.304. The lowest BCUT2D eigenvalue weighted by atomic mass is 10.3. The fraction of sp³-hybridized carbons (Fsp3) is 0.417. The first-order valence-corrected chi connectivity index (χ1v) is 4.99. The highest BCUT2D eigenvalue weighted by Crippen LogP contribution is 2.07. The summed E-state index contributed by atoms with van der Waals surface area (Å²) in [5.41, 5.74) is 0.879. The third-order valence-corrected chi connectivity index (χ3v) is 2.06. The summed E-state index contributed by atoms with van der Waals surface area (Å²) >= 11 is 0. The van der Waals surface area contributed by atoms with E-state index >= 15 is 0 Å². The van der Waals surface area contributed by atoms with Crippen LogP contribution >= 0.6 is 0 Å². The number of nitrogens with one attached hydrogen (secondary N) is 1. The summed E-state index contributed by atoms with van der Waals surface area (Å²) in [6, 6.07) is 0. The van der Waals surface area contributed by atoms with Gasteiger partial charge >= 0.3 is 0 Å². The summed E-state index contributed by atoms with van der Waals surface area (Å²) in [6.45, 7) is 3.28. The van der Waals surface area contributed by atoms with Crippen molar-refractivity contribution in [2.24, 2.45) is 0 Å². The van der Waals surface area contributed by atoms with Crippen LogP contribution in [-0.4, -0.2) is 25.4 Å². The van der Waals surface area contributed by atoms with E-state index in [0.717, 1.165) is 5.70 Å². The molecule has 16 heavy (non-hydrogen) atoms. The van der Waals surface area contributed by atoms with Crippen molar-refractivity contribution >= 4 is 6.34 Å². The van der Waals surface area contributed by atoms with Gasteiger partial charge in [-0.2, -0.15) is 0 Å². The third kappa shape index (κ3) is 6.01. The minimum atomic E-state index is -0.205. The predicted octanol–water partition coefficient (Wildman–Crippen LogP) is 3.22. The third-order valence-electron chi connectivity index (χ3n) is 2.06. The summed E-state index contributed by atoms with van der Waals surface area (Å²) in [7, 11) is 3.34. The zero-order chi connectivity index (χ0) is 12.6. The number of halogens is 1. The van der Waals surface area contributed by atoms with E-state index in [2.05, 4.69) is 0 Å². The summed E-state index contributed by atoms with van der Waals surface area (Å²) in [6.07, 6.45) is 6.76. The first-order valence-electron chi connectivity index (χ1n) is 4.99. The highest BCUT2D eigenvalue weighted by Gasteiger charge is 1.97. The second-order valence-corrected chi connectivity index (χ2v) is 3.36. The number of rotatable bonds is 6. The molecule has 0 heterocycles. The van der Waals surface area contributed by atoms with E-state index in [1.54, 1.807) is 31.2 Å². The van der Waals surface area contributed by atoms with E-state index in [1.807, 2.05) is 6.92 Å². The van der Waals surface area contributed by atoms with Crippen molar-refractivity contribution in [2.45, 2.75) is 20.3 Å². The van der Waals surface area contributed by atoms with Crippen molar-refractivity contribution in [2.75, 3.05) is 14.2 Å². The standard InChI is InChI=1S/C12H19FN2O/c1-10(13)6-5-7-12(16-4)8-11(2)15(3)9-14/h6-9,14H,5H2,1-4H3/b10-6+,11-8+,12-7?,14-9?.